The van der Waals surface area contributed by atoms with Gasteiger partial charge in [0.15, 0.2) is 0 Å². The minimum Gasteiger partial charge on any atom is -0.385 e. The Bertz CT molecular complexity index is 300. The van der Waals surface area contributed by atoms with Gasteiger partial charge in [0, 0.05) is 38.9 Å². The predicted molar refractivity (Wildman–Crippen MR) is 87.6 cm³/mol. The second-order valence-electron chi connectivity index (χ2n) is 7.51. The summed E-state index contributed by atoms with van der Waals surface area (Å²) in [6.07, 6.45) is 12.8. The van der Waals surface area contributed by atoms with E-state index < -0.39 is 0 Å². The summed E-state index contributed by atoms with van der Waals surface area (Å²) in [4.78, 5) is 2.85. The van der Waals surface area contributed by atoms with E-state index >= 15 is 0 Å². The molecule has 3 rings (SSSR count). The number of hydrogen-bond donors (Lipinski definition) is 1. The van der Waals surface area contributed by atoms with Gasteiger partial charge in [0.25, 0.3) is 0 Å². The van der Waals surface area contributed by atoms with Gasteiger partial charge in [-0.15, -0.1) is 0 Å². The van der Waals surface area contributed by atoms with Crippen molar-refractivity contribution in [2.24, 2.45) is 11.8 Å². The summed E-state index contributed by atoms with van der Waals surface area (Å²) in [7, 11) is 1.82. The molecule has 2 unspecified atom stereocenters. The highest BCUT2D eigenvalue weighted by atomic mass is 16.5. The van der Waals surface area contributed by atoms with Crippen LogP contribution in [0, 0.1) is 11.8 Å². The number of piperazine rings is 1. The zero-order chi connectivity index (χ0) is 14.5. The Morgan fingerprint density at radius 1 is 1.00 bits per heavy atom. The average Bonchev–Trinajstić information content (AvgIpc) is 3.37. The minimum atomic E-state index is 0.785. The molecule has 0 radical (unpaired) electrons. The molecule has 2 saturated carbocycles. The molecule has 0 amide bonds. The molecule has 0 bridgehead atoms. The largest absolute Gasteiger partial charge is 0.385 e. The molecule has 0 aromatic rings. The van der Waals surface area contributed by atoms with Crippen LogP contribution in [0.25, 0.3) is 0 Å². The molecule has 2 atom stereocenters. The summed E-state index contributed by atoms with van der Waals surface area (Å²) in [6, 6.07) is 1.59. The van der Waals surface area contributed by atoms with Gasteiger partial charge in [0.05, 0.1) is 0 Å². The normalized spacial score (nSPS) is 32.4. The van der Waals surface area contributed by atoms with E-state index in [9.17, 15) is 0 Å². The van der Waals surface area contributed by atoms with E-state index in [4.69, 9.17) is 4.74 Å². The fourth-order valence-corrected chi connectivity index (χ4v) is 4.47. The first kappa shape index (κ1) is 15.8. The molecule has 1 heterocycles. The molecule has 3 fully saturated rings. The van der Waals surface area contributed by atoms with Crippen LogP contribution in [0.5, 0.6) is 0 Å². The zero-order valence-electron chi connectivity index (χ0n) is 13.9. The molecule has 3 heteroatoms. The lowest BCUT2D eigenvalue weighted by atomic mass is 9.82. The fourth-order valence-electron chi connectivity index (χ4n) is 4.47. The van der Waals surface area contributed by atoms with Crippen LogP contribution in [-0.2, 0) is 4.74 Å². The van der Waals surface area contributed by atoms with Crippen LogP contribution in [0.3, 0.4) is 0 Å². The van der Waals surface area contributed by atoms with Crippen molar-refractivity contribution in [2.75, 3.05) is 33.4 Å². The fraction of sp³-hybridized carbons (Fsp3) is 1.00. The zero-order valence-corrected chi connectivity index (χ0v) is 13.9. The maximum atomic E-state index is 5.21. The second-order valence-corrected chi connectivity index (χ2v) is 7.51. The maximum Gasteiger partial charge on any atom is 0.0462 e. The first-order valence-electron chi connectivity index (χ1n) is 9.35. The van der Waals surface area contributed by atoms with E-state index in [-0.39, 0.29) is 0 Å². The molecule has 1 aliphatic heterocycles. The van der Waals surface area contributed by atoms with Gasteiger partial charge >= 0.3 is 0 Å². The Morgan fingerprint density at radius 3 is 2.52 bits per heavy atom. The van der Waals surface area contributed by atoms with Gasteiger partial charge in [0.1, 0.15) is 0 Å². The smallest absolute Gasteiger partial charge is 0.0462 e. The van der Waals surface area contributed by atoms with Crippen LogP contribution in [-0.4, -0.2) is 50.3 Å². The number of hydrogen-bond acceptors (Lipinski definition) is 3. The lowest BCUT2D eigenvalue weighted by Crippen LogP contribution is -2.59. The van der Waals surface area contributed by atoms with Crippen LogP contribution in [0.15, 0.2) is 0 Å². The molecular formula is C18H34N2O. The van der Waals surface area contributed by atoms with E-state index in [2.05, 4.69) is 10.2 Å². The molecule has 0 spiro atoms. The van der Waals surface area contributed by atoms with Crippen molar-refractivity contribution in [1.29, 1.82) is 0 Å². The highest BCUT2D eigenvalue weighted by Gasteiger charge is 2.39. The first-order chi connectivity index (χ1) is 10.4. The predicted octanol–water partition coefficient (Wildman–Crippen LogP) is 3.05. The Morgan fingerprint density at radius 2 is 1.81 bits per heavy atom. The highest BCUT2D eigenvalue weighted by Crippen LogP contribution is 2.36. The summed E-state index contributed by atoms with van der Waals surface area (Å²) in [6.45, 7) is 4.76. The Labute approximate surface area is 130 Å². The topological polar surface area (TPSA) is 24.5 Å². The molecule has 2 aliphatic carbocycles. The van der Waals surface area contributed by atoms with E-state index in [1.807, 2.05) is 7.11 Å². The lowest BCUT2D eigenvalue weighted by Gasteiger charge is -2.45. The monoisotopic (exact) mass is 294 g/mol. The van der Waals surface area contributed by atoms with Crippen LogP contribution < -0.4 is 5.32 Å². The molecule has 3 nitrogen and oxygen atoms in total. The van der Waals surface area contributed by atoms with Crippen LogP contribution in [0.4, 0.5) is 0 Å². The third kappa shape index (κ3) is 4.43. The standard InChI is InChI=1S/C18H34N2O/c1-21-12-6-5-11-20-14-17(15-9-10-15)19-13-18(20)16-7-3-2-4-8-16/h15-19H,2-14H2,1H3. The first-order valence-corrected chi connectivity index (χ1v) is 9.35. The average molecular weight is 294 g/mol. The van der Waals surface area contributed by atoms with Crippen LogP contribution in [0.2, 0.25) is 0 Å². The molecule has 0 aromatic heterocycles. The Balaban J connectivity index is 1.53. The number of nitrogens with zero attached hydrogens (tertiary/aromatic N) is 1. The lowest BCUT2D eigenvalue weighted by molar-refractivity contribution is 0.0634. The van der Waals surface area contributed by atoms with Gasteiger partial charge in [-0.3, -0.25) is 4.90 Å². The van der Waals surface area contributed by atoms with Gasteiger partial charge in [-0.1, -0.05) is 19.3 Å². The van der Waals surface area contributed by atoms with Crippen LogP contribution >= 0.6 is 0 Å². The Kier molecular flexibility index (Phi) is 5.96. The molecule has 0 aromatic carbocycles. The third-order valence-electron chi connectivity index (χ3n) is 5.92. The van der Waals surface area contributed by atoms with Crippen molar-refractivity contribution in [3.63, 3.8) is 0 Å². The van der Waals surface area contributed by atoms with Crippen molar-refractivity contribution in [2.45, 2.75) is 69.9 Å². The Hall–Kier alpha value is -0.120. The van der Waals surface area contributed by atoms with E-state index in [0.717, 1.165) is 30.5 Å². The van der Waals surface area contributed by atoms with Crippen molar-refractivity contribution in [3.8, 4) is 0 Å². The van der Waals surface area contributed by atoms with Crippen molar-refractivity contribution >= 4 is 0 Å². The number of ether oxygens (including phenoxy) is 1. The summed E-state index contributed by atoms with van der Waals surface area (Å²) < 4.78 is 5.21. The van der Waals surface area contributed by atoms with Gasteiger partial charge in [-0.25, -0.2) is 0 Å². The summed E-state index contributed by atoms with van der Waals surface area (Å²) >= 11 is 0. The van der Waals surface area contributed by atoms with Crippen LogP contribution in [0.1, 0.15) is 57.8 Å². The van der Waals surface area contributed by atoms with Gasteiger partial charge < -0.3 is 10.1 Å². The number of methoxy groups -OCH3 is 1. The van der Waals surface area contributed by atoms with Gasteiger partial charge in [0.2, 0.25) is 0 Å². The molecule has 21 heavy (non-hydrogen) atoms. The number of unbranched alkanes of at least 4 members (excludes halogenated alkanes) is 1. The molecule has 3 aliphatic rings. The van der Waals surface area contributed by atoms with Gasteiger partial charge in [-0.2, -0.15) is 0 Å². The third-order valence-corrected chi connectivity index (χ3v) is 5.92. The summed E-state index contributed by atoms with van der Waals surface area (Å²) in [5, 5.41) is 3.89. The van der Waals surface area contributed by atoms with Crippen molar-refractivity contribution < 1.29 is 4.74 Å². The quantitative estimate of drug-likeness (QED) is 0.730. The van der Waals surface area contributed by atoms with Crippen molar-refractivity contribution in [1.82, 2.24) is 10.2 Å². The van der Waals surface area contributed by atoms with Crippen molar-refractivity contribution in [3.05, 3.63) is 0 Å². The minimum absolute atomic E-state index is 0.785. The van der Waals surface area contributed by atoms with E-state index in [1.54, 1.807) is 0 Å². The second kappa shape index (κ2) is 7.94. The summed E-state index contributed by atoms with van der Waals surface area (Å²) in [5.41, 5.74) is 0. The summed E-state index contributed by atoms with van der Waals surface area (Å²) in [5.74, 6) is 1.94. The van der Waals surface area contributed by atoms with E-state index in [0.29, 0.717) is 0 Å². The molecule has 1 saturated heterocycles. The molecule has 1 N–H and O–H groups in total. The molecule has 122 valence electrons. The number of nitrogens with one attached hydrogen (secondary N) is 1. The SMILES string of the molecule is COCCCCN1CC(C2CC2)NCC1C1CCCCC1. The maximum absolute atomic E-state index is 5.21. The molecular weight excluding hydrogens is 260 g/mol. The van der Waals surface area contributed by atoms with Gasteiger partial charge in [-0.05, 0) is 56.9 Å². The van der Waals surface area contributed by atoms with E-state index in [1.165, 1.54) is 77.4 Å². The highest BCUT2D eigenvalue weighted by molar-refractivity contribution is 4.96. The number of rotatable bonds is 7.